The largest absolute Gasteiger partial charge is 0.416 e. The number of alkyl halides is 3. The molecule has 0 saturated carbocycles. The Bertz CT molecular complexity index is 1360. The Labute approximate surface area is 218 Å². The van der Waals surface area contributed by atoms with E-state index in [1.807, 2.05) is 34.7 Å². The normalized spacial score (nSPS) is 19.5. The minimum Gasteiger partial charge on any atom is -0.379 e. The van der Waals surface area contributed by atoms with Crippen LogP contribution in [0.2, 0.25) is 0 Å². The summed E-state index contributed by atoms with van der Waals surface area (Å²) in [7, 11) is 1.88. The SMILES string of the molecule is Cn1cnnc1CC1(c2cccc(N3Cc4c(cc(CN5CCOCC5)cc4C(F)(F)F)C3=O)c2)COC1. The van der Waals surface area contributed by atoms with Crippen LogP contribution < -0.4 is 4.90 Å². The highest BCUT2D eigenvalue weighted by molar-refractivity contribution is 6.10. The van der Waals surface area contributed by atoms with E-state index in [1.165, 1.54) is 11.0 Å². The summed E-state index contributed by atoms with van der Waals surface area (Å²) in [5.41, 5.74) is 1.07. The molecule has 3 aromatic rings. The summed E-state index contributed by atoms with van der Waals surface area (Å²) in [6, 6.07) is 10.3. The van der Waals surface area contributed by atoms with E-state index >= 15 is 0 Å². The molecule has 0 spiro atoms. The summed E-state index contributed by atoms with van der Waals surface area (Å²) in [4.78, 5) is 17.0. The number of benzene rings is 2. The Morgan fingerprint density at radius 1 is 1.08 bits per heavy atom. The zero-order valence-electron chi connectivity index (χ0n) is 21.0. The van der Waals surface area contributed by atoms with Gasteiger partial charge in [-0.15, -0.1) is 10.2 Å². The van der Waals surface area contributed by atoms with Crippen LogP contribution in [0.3, 0.4) is 0 Å². The number of fused-ring (bicyclic) bond motifs is 1. The van der Waals surface area contributed by atoms with Crippen molar-refractivity contribution in [1.29, 1.82) is 0 Å². The Morgan fingerprint density at radius 3 is 2.53 bits per heavy atom. The van der Waals surface area contributed by atoms with Crippen molar-refractivity contribution >= 4 is 11.6 Å². The maximum Gasteiger partial charge on any atom is 0.416 e. The number of halogens is 3. The predicted molar refractivity (Wildman–Crippen MR) is 132 cm³/mol. The van der Waals surface area contributed by atoms with Gasteiger partial charge in [0.05, 0.1) is 38.5 Å². The van der Waals surface area contributed by atoms with E-state index in [-0.39, 0.29) is 23.1 Å². The molecule has 3 aliphatic heterocycles. The minimum atomic E-state index is -4.56. The molecule has 11 heteroatoms. The van der Waals surface area contributed by atoms with Crippen molar-refractivity contribution in [3.05, 3.63) is 76.4 Å². The van der Waals surface area contributed by atoms with Gasteiger partial charge in [0.25, 0.3) is 5.91 Å². The van der Waals surface area contributed by atoms with Crippen LogP contribution >= 0.6 is 0 Å². The second kappa shape index (κ2) is 9.48. The molecule has 0 N–H and O–H groups in total. The number of carbonyl (C=O) groups is 1. The standard InChI is InChI=1S/C27H28F3N5O3/c1-33-17-31-32-24(33)12-26(15-38-16-26)19-3-2-4-20(11-19)35-14-22-21(25(35)36)9-18(10-23(22)27(28,29)30)13-34-5-7-37-8-6-34/h2-4,9-11,17H,5-8,12-16H2,1H3. The number of ether oxygens (including phenoxy) is 2. The predicted octanol–water partition coefficient (Wildman–Crippen LogP) is 3.34. The molecule has 1 aromatic heterocycles. The van der Waals surface area contributed by atoms with Crippen molar-refractivity contribution in [2.75, 3.05) is 44.4 Å². The lowest BCUT2D eigenvalue weighted by Gasteiger charge is -2.42. The lowest BCUT2D eigenvalue weighted by molar-refractivity contribution is -0.138. The van der Waals surface area contributed by atoms with Gasteiger partial charge in [0.1, 0.15) is 12.2 Å². The van der Waals surface area contributed by atoms with Gasteiger partial charge in [0, 0.05) is 49.8 Å². The van der Waals surface area contributed by atoms with Crippen molar-refractivity contribution in [3.8, 4) is 0 Å². The first-order valence-corrected chi connectivity index (χ1v) is 12.6. The number of hydrogen-bond acceptors (Lipinski definition) is 6. The molecule has 0 atom stereocenters. The van der Waals surface area contributed by atoms with E-state index in [9.17, 15) is 18.0 Å². The van der Waals surface area contributed by atoms with Crippen LogP contribution in [0.4, 0.5) is 18.9 Å². The minimum absolute atomic E-state index is 0.0272. The number of carbonyl (C=O) groups excluding carboxylic acids is 1. The molecule has 3 aliphatic rings. The lowest BCUT2D eigenvalue weighted by atomic mass is 9.75. The maximum atomic E-state index is 14.2. The van der Waals surface area contributed by atoms with Crippen LogP contribution in [0.15, 0.2) is 42.7 Å². The van der Waals surface area contributed by atoms with Crippen LogP contribution in [0, 0.1) is 0 Å². The topological polar surface area (TPSA) is 72.7 Å². The number of nitrogens with zero attached hydrogens (tertiary/aromatic N) is 5. The second-order valence-electron chi connectivity index (χ2n) is 10.3. The zero-order valence-corrected chi connectivity index (χ0v) is 21.0. The Kier molecular flexibility index (Phi) is 6.24. The lowest BCUT2D eigenvalue weighted by Crippen LogP contribution is -2.49. The van der Waals surface area contributed by atoms with Crippen LogP contribution in [-0.4, -0.2) is 65.1 Å². The van der Waals surface area contributed by atoms with Gasteiger partial charge in [-0.05, 0) is 41.0 Å². The molecule has 1 amide bonds. The molecule has 2 saturated heterocycles. The van der Waals surface area contributed by atoms with Gasteiger partial charge < -0.3 is 18.9 Å². The van der Waals surface area contributed by atoms with Crippen LogP contribution in [0.25, 0.3) is 0 Å². The summed E-state index contributed by atoms with van der Waals surface area (Å²) in [5.74, 6) is 0.393. The van der Waals surface area contributed by atoms with Crippen molar-refractivity contribution in [2.45, 2.75) is 31.1 Å². The maximum absolute atomic E-state index is 14.2. The quantitative estimate of drug-likeness (QED) is 0.490. The van der Waals surface area contributed by atoms with E-state index in [1.54, 1.807) is 18.5 Å². The number of aromatic nitrogens is 3. The molecule has 2 fully saturated rings. The Morgan fingerprint density at radius 2 is 1.87 bits per heavy atom. The monoisotopic (exact) mass is 527 g/mol. The molecule has 38 heavy (non-hydrogen) atoms. The number of hydrogen-bond donors (Lipinski definition) is 0. The highest BCUT2D eigenvalue weighted by Gasteiger charge is 2.43. The highest BCUT2D eigenvalue weighted by atomic mass is 19.4. The van der Waals surface area contributed by atoms with E-state index in [0.29, 0.717) is 63.7 Å². The number of morpholine rings is 1. The summed E-state index contributed by atoms with van der Waals surface area (Å²) in [6.45, 7) is 3.56. The average molecular weight is 528 g/mol. The third-order valence-corrected chi connectivity index (χ3v) is 7.75. The molecular weight excluding hydrogens is 499 g/mol. The van der Waals surface area contributed by atoms with Crippen molar-refractivity contribution in [1.82, 2.24) is 19.7 Å². The van der Waals surface area contributed by atoms with E-state index in [0.717, 1.165) is 11.4 Å². The fourth-order valence-corrected chi connectivity index (χ4v) is 5.53. The molecular formula is C27H28F3N5O3. The summed E-state index contributed by atoms with van der Waals surface area (Å²) in [6.07, 6.45) is -2.32. The third-order valence-electron chi connectivity index (χ3n) is 7.75. The fraction of sp³-hybridized carbons (Fsp3) is 0.444. The molecule has 200 valence electrons. The number of rotatable bonds is 6. The van der Waals surface area contributed by atoms with Gasteiger partial charge >= 0.3 is 6.18 Å². The first-order valence-electron chi connectivity index (χ1n) is 12.6. The number of anilines is 1. The van der Waals surface area contributed by atoms with Gasteiger partial charge in [-0.3, -0.25) is 9.69 Å². The van der Waals surface area contributed by atoms with Crippen molar-refractivity contribution < 1.29 is 27.4 Å². The molecule has 4 heterocycles. The van der Waals surface area contributed by atoms with Crippen LogP contribution in [0.5, 0.6) is 0 Å². The third kappa shape index (κ3) is 4.48. The van der Waals surface area contributed by atoms with E-state index in [2.05, 4.69) is 10.2 Å². The molecule has 2 aromatic carbocycles. The first kappa shape index (κ1) is 25.0. The zero-order chi connectivity index (χ0) is 26.5. The molecule has 6 rings (SSSR count). The van der Waals surface area contributed by atoms with Gasteiger partial charge in [0.15, 0.2) is 0 Å². The van der Waals surface area contributed by atoms with E-state index < -0.39 is 17.6 Å². The molecule has 0 bridgehead atoms. The van der Waals surface area contributed by atoms with Gasteiger partial charge in [-0.1, -0.05) is 12.1 Å². The summed E-state index contributed by atoms with van der Waals surface area (Å²) in [5, 5.41) is 8.17. The van der Waals surface area contributed by atoms with E-state index in [4.69, 9.17) is 9.47 Å². The number of amides is 1. The Hall–Kier alpha value is -3.28. The van der Waals surface area contributed by atoms with Crippen molar-refractivity contribution in [2.24, 2.45) is 7.05 Å². The molecule has 0 radical (unpaired) electrons. The van der Waals surface area contributed by atoms with Gasteiger partial charge in [-0.25, -0.2) is 0 Å². The molecule has 0 unspecified atom stereocenters. The first-order chi connectivity index (χ1) is 18.2. The highest BCUT2D eigenvalue weighted by Crippen LogP contribution is 2.41. The van der Waals surface area contributed by atoms with Crippen LogP contribution in [-0.2, 0) is 47.6 Å². The average Bonchev–Trinajstić information content (AvgIpc) is 3.43. The second-order valence-corrected chi connectivity index (χ2v) is 10.3. The van der Waals surface area contributed by atoms with Gasteiger partial charge in [0.2, 0.25) is 0 Å². The smallest absolute Gasteiger partial charge is 0.379 e. The van der Waals surface area contributed by atoms with Crippen LogP contribution in [0.1, 0.15) is 38.4 Å². The summed E-state index contributed by atoms with van der Waals surface area (Å²) < 4.78 is 55.2. The van der Waals surface area contributed by atoms with Crippen molar-refractivity contribution in [3.63, 3.8) is 0 Å². The fourth-order valence-electron chi connectivity index (χ4n) is 5.53. The Balaban J connectivity index is 1.31. The number of aryl methyl sites for hydroxylation is 1. The molecule has 0 aliphatic carbocycles. The molecule has 8 nitrogen and oxygen atoms in total. The summed E-state index contributed by atoms with van der Waals surface area (Å²) >= 11 is 0. The van der Waals surface area contributed by atoms with Gasteiger partial charge in [-0.2, -0.15) is 13.2 Å².